The fourth-order valence-corrected chi connectivity index (χ4v) is 5.09. The molecule has 10 heteroatoms. The van der Waals surface area contributed by atoms with Crippen molar-refractivity contribution in [1.82, 2.24) is 14.6 Å². The molecular formula is C15H23N3O5S2. The van der Waals surface area contributed by atoms with Gasteiger partial charge in [-0.05, 0) is 18.4 Å². The number of rotatable bonds is 7. The van der Waals surface area contributed by atoms with E-state index in [0.717, 1.165) is 11.5 Å². The van der Waals surface area contributed by atoms with E-state index in [1.807, 2.05) is 13.8 Å². The SMILES string of the molecule is CC(C)C[C@H](NC(=O)c1cc(S(=O)(=O)N2CCSCC2)c[nH]1)C(=O)O. The minimum absolute atomic E-state index is 0.0142. The fraction of sp³-hybridized carbons (Fsp3) is 0.600. The molecule has 140 valence electrons. The summed E-state index contributed by atoms with van der Waals surface area (Å²) in [6.07, 6.45) is 1.56. The maximum absolute atomic E-state index is 12.6. The quantitative estimate of drug-likeness (QED) is 0.639. The number of carbonyl (C=O) groups is 2. The average molecular weight is 389 g/mol. The van der Waals surface area contributed by atoms with Gasteiger partial charge >= 0.3 is 5.97 Å². The molecule has 0 aliphatic carbocycles. The van der Waals surface area contributed by atoms with Crippen molar-refractivity contribution in [2.24, 2.45) is 5.92 Å². The number of thioether (sulfide) groups is 1. The van der Waals surface area contributed by atoms with Crippen LogP contribution in [0.1, 0.15) is 30.8 Å². The molecule has 1 aromatic rings. The Kier molecular flexibility index (Phi) is 6.53. The lowest BCUT2D eigenvalue weighted by atomic mass is 10.0. The van der Waals surface area contributed by atoms with Crippen LogP contribution in [0, 0.1) is 5.92 Å². The molecule has 0 unspecified atom stereocenters. The molecule has 25 heavy (non-hydrogen) atoms. The molecule has 3 N–H and O–H groups in total. The molecule has 2 heterocycles. The summed E-state index contributed by atoms with van der Waals surface area (Å²) in [4.78, 5) is 26.1. The Labute approximate surface area is 151 Å². The molecule has 0 spiro atoms. The highest BCUT2D eigenvalue weighted by atomic mass is 32.2. The van der Waals surface area contributed by atoms with Crippen LogP contribution in [0.3, 0.4) is 0 Å². The third-order valence-electron chi connectivity index (χ3n) is 3.82. The first-order valence-corrected chi connectivity index (χ1v) is 10.6. The minimum atomic E-state index is -3.65. The van der Waals surface area contributed by atoms with Crippen LogP contribution in [0.25, 0.3) is 0 Å². The summed E-state index contributed by atoms with van der Waals surface area (Å²) in [6.45, 7) is 4.60. The first-order valence-electron chi connectivity index (χ1n) is 8.01. The Morgan fingerprint density at radius 2 is 2.00 bits per heavy atom. The van der Waals surface area contributed by atoms with Gasteiger partial charge in [0.2, 0.25) is 10.0 Å². The van der Waals surface area contributed by atoms with E-state index in [9.17, 15) is 23.1 Å². The summed E-state index contributed by atoms with van der Waals surface area (Å²) < 4.78 is 26.5. The normalized spacial score (nSPS) is 17.4. The van der Waals surface area contributed by atoms with Gasteiger partial charge in [-0.1, -0.05) is 13.8 Å². The average Bonchev–Trinajstić information content (AvgIpc) is 3.05. The lowest BCUT2D eigenvalue weighted by Gasteiger charge is -2.24. The summed E-state index contributed by atoms with van der Waals surface area (Å²) in [5.74, 6) is -0.173. The van der Waals surface area contributed by atoms with Crippen molar-refractivity contribution < 1.29 is 23.1 Å². The van der Waals surface area contributed by atoms with Gasteiger partial charge in [0.05, 0.1) is 0 Å². The summed E-state index contributed by atoms with van der Waals surface area (Å²) in [7, 11) is -3.65. The number of amides is 1. The number of aliphatic carboxylic acids is 1. The van der Waals surface area contributed by atoms with Gasteiger partial charge in [0, 0.05) is 30.8 Å². The van der Waals surface area contributed by atoms with Gasteiger partial charge in [-0.2, -0.15) is 16.1 Å². The van der Waals surface area contributed by atoms with E-state index in [0.29, 0.717) is 19.5 Å². The second kappa shape index (κ2) is 8.24. The van der Waals surface area contributed by atoms with Gasteiger partial charge in [0.1, 0.15) is 16.6 Å². The first kappa shape index (κ1) is 19.8. The van der Waals surface area contributed by atoms with E-state index in [2.05, 4.69) is 10.3 Å². The molecule has 1 saturated heterocycles. The van der Waals surface area contributed by atoms with Gasteiger partial charge in [-0.25, -0.2) is 13.2 Å². The van der Waals surface area contributed by atoms with Crippen LogP contribution in [0.4, 0.5) is 0 Å². The molecular weight excluding hydrogens is 366 g/mol. The maximum Gasteiger partial charge on any atom is 0.326 e. The summed E-state index contributed by atoms with van der Waals surface area (Å²) in [5.41, 5.74) is 0.0277. The van der Waals surface area contributed by atoms with Gasteiger partial charge in [0.15, 0.2) is 0 Å². The Bertz CT molecular complexity index is 723. The molecule has 0 bridgehead atoms. The number of hydrogen-bond acceptors (Lipinski definition) is 5. The number of sulfonamides is 1. The number of hydrogen-bond donors (Lipinski definition) is 3. The van der Waals surface area contributed by atoms with Gasteiger partial charge in [-0.3, -0.25) is 4.79 Å². The van der Waals surface area contributed by atoms with Crippen molar-refractivity contribution >= 4 is 33.7 Å². The Hall–Kier alpha value is -1.52. The largest absolute Gasteiger partial charge is 0.480 e. The van der Waals surface area contributed by atoms with Crippen molar-refractivity contribution in [1.29, 1.82) is 0 Å². The Balaban J connectivity index is 2.11. The molecule has 0 aromatic carbocycles. The summed E-state index contributed by atoms with van der Waals surface area (Å²) >= 11 is 1.70. The summed E-state index contributed by atoms with van der Waals surface area (Å²) in [6, 6.07) is 0.232. The summed E-state index contributed by atoms with van der Waals surface area (Å²) in [5, 5.41) is 11.6. The van der Waals surface area contributed by atoms with E-state index in [4.69, 9.17) is 0 Å². The van der Waals surface area contributed by atoms with E-state index in [1.54, 1.807) is 11.8 Å². The van der Waals surface area contributed by atoms with Crippen LogP contribution in [0.2, 0.25) is 0 Å². The van der Waals surface area contributed by atoms with E-state index in [1.165, 1.54) is 16.6 Å². The molecule has 1 amide bonds. The molecule has 2 rings (SSSR count). The number of carbonyl (C=O) groups excluding carboxylic acids is 1. The van der Waals surface area contributed by atoms with E-state index in [-0.39, 0.29) is 16.5 Å². The molecule has 0 radical (unpaired) electrons. The zero-order chi connectivity index (χ0) is 18.6. The molecule has 8 nitrogen and oxygen atoms in total. The number of aromatic amines is 1. The topological polar surface area (TPSA) is 120 Å². The zero-order valence-electron chi connectivity index (χ0n) is 14.2. The predicted molar refractivity (Wildman–Crippen MR) is 95.2 cm³/mol. The predicted octanol–water partition coefficient (Wildman–Crippen LogP) is 0.981. The highest BCUT2D eigenvalue weighted by Gasteiger charge is 2.28. The number of aromatic nitrogens is 1. The number of carboxylic acids is 1. The molecule has 0 saturated carbocycles. The number of nitrogens with one attached hydrogen (secondary N) is 2. The molecule has 1 aliphatic heterocycles. The minimum Gasteiger partial charge on any atom is -0.480 e. The van der Waals surface area contributed by atoms with Gasteiger partial charge < -0.3 is 15.4 Å². The third kappa shape index (κ3) is 4.99. The highest BCUT2D eigenvalue weighted by Crippen LogP contribution is 2.21. The first-order chi connectivity index (χ1) is 11.7. The van der Waals surface area contributed by atoms with Crippen LogP contribution in [0.15, 0.2) is 17.2 Å². The van der Waals surface area contributed by atoms with Gasteiger partial charge in [-0.15, -0.1) is 0 Å². The number of H-pyrrole nitrogens is 1. The lowest BCUT2D eigenvalue weighted by Crippen LogP contribution is -2.41. The van der Waals surface area contributed by atoms with E-state index < -0.39 is 27.9 Å². The number of nitrogens with zero attached hydrogens (tertiary/aromatic N) is 1. The van der Waals surface area contributed by atoms with Crippen molar-refractivity contribution in [3.8, 4) is 0 Å². The van der Waals surface area contributed by atoms with Crippen LogP contribution in [-0.2, 0) is 14.8 Å². The lowest BCUT2D eigenvalue weighted by molar-refractivity contribution is -0.139. The van der Waals surface area contributed by atoms with Crippen molar-refractivity contribution in [3.05, 3.63) is 18.0 Å². The van der Waals surface area contributed by atoms with Crippen molar-refractivity contribution in [3.63, 3.8) is 0 Å². The van der Waals surface area contributed by atoms with E-state index >= 15 is 0 Å². The smallest absolute Gasteiger partial charge is 0.326 e. The molecule has 1 aliphatic rings. The fourth-order valence-electron chi connectivity index (χ4n) is 2.52. The second-order valence-corrected chi connectivity index (χ2v) is 9.42. The van der Waals surface area contributed by atoms with Crippen LogP contribution in [-0.4, -0.2) is 65.3 Å². The van der Waals surface area contributed by atoms with Crippen LogP contribution >= 0.6 is 11.8 Å². The monoisotopic (exact) mass is 389 g/mol. The third-order valence-corrected chi connectivity index (χ3v) is 6.64. The van der Waals surface area contributed by atoms with Gasteiger partial charge in [0.25, 0.3) is 5.91 Å². The molecule has 1 fully saturated rings. The Morgan fingerprint density at radius 1 is 1.36 bits per heavy atom. The zero-order valence-corrected chi connectivity index (χ0v) is 15.8. The standard InChI is InChI=1S/C15H23N3O5S2/c1-10(2)7-13(15(20)21)17-14(19)12-8-11(9-16-12)25(22,23)18-3-5-24-6-4-18/h8-10,13,16H,3-7H2,1-2H3,(H,17,19)(H,20,21)/t13-/m0/s1. The maximum atomic E-state index is 12.6. The second-order valence-electron chi connectivity index (χ2n) is 6.26. The highest BCUT2D eigenvalue weighted by molar-refractivity contribution is 7.99. The molecule has 1 atom stereocenters. The van der Waals surface area contributed by atoms with Crippen LogP contribution in [0.5, 0.6) is 0 Å². The molecule has 1 aromatic heterocycles. The van der Waals surface area contributed by atoms with Crippen molar-refractivity contribution in [2.75, 3.05) is 24.6 Å². The van der Waals surface area contributed by atoms with Crippen LogP contribution < -0.4 is 5.32 Å². The number of carboxylic acid groups (broad SMARTS) is 1. The van der Waals surface area contributed by atoms with Crippen molar-refractivity contribution in [2.45, 2.75) is 31.2 Å². The Morgan fingerprint density at radius 3 is 2.56 bits per heavy atom.